The molecule has 0 saturated heterocycles. The summed E-state index contributed by atoms with van der Waals surface area (Å²) in [5.74, 6) is 1.89. The van der Waals surface area contributed by atoms with Crippen LogP contribution in [0.4, 0.5) is 0 Å². The molecule has 2 heterocycles. The van der Waals surface area contributed by atoms with Gasteiger partial charge in [0.1, 0.15) is 0 Å². The topological polar surface area (TPSA) is 51.6 Å². The molecule has 4 nitrogen and oxygen atoms in total. The summed E-state index contributed by atoms with van der Waals surface area (Å²) < 4.78 is 0. The van der Waals surface area contributed by atoms with Crippen LogP contribution in [-0.4, -0.2) is 19.9 Å². The van der Waals surface area contributed by atoms with Crippen LogP contribution in [0.3, 0.4) is 0 Å². The van der Waals surface area contributed by atoms with Crippen molar-refractivity contribution >= 4 is 43.1 Å². The Morgan fingerprint density at radius 2 is 0.692 bits per heavy atom. The predicted octanol–water partition coefficient (Wildman–Crippen LogP) is 12.2. The second kappa shape index (κ2) is 12.4. The van der Waals surface area contributed by atoms with Gasteiger partial charge in [0.05, 0.1) is 0 Å². The number of benzene rings is 8. The lowest BCUT2D eigenvalue weighted by atomic mass is 9.86. The summed E-state index contributed by atoms with van der Waals surface area (Å²) in [6, 6.07) is 59.8. The molecule has 0 amide bonds. The molecule has 0 fully saturated rings. The van der Waals surface area contributed by atoms with Crippen LogP contribution in [-0.2, 0) is 0 Å². The van der Waals surface area contributed by atoms with E-state index in [-0.39, 0.29) is 0 Å². The van der Waals surface area contributed by atoms with Crippen molar-refractivity contribution in [1.29, 1.82) is 0 Å². The number of fused-ring (bicyclic) bond motifs is 8. The van der Waals surface area contributed by atoms with Crippen molar-refractivity contribution in [3.05, 3.63) is 182 Å². The Morgan fingerprint density at radius 1 is 0.269 bits per heavy atom. The molecular formula is C48H30N4. The predicted molar refractivity (Wildman–Crippen MR) is 215 cm³/mol. The van der Waals surface area contributed by atoms with Gasteiger partial charge in [-0.2, -0.15) is 0 Å². The SMILES string of the molecule is c1ccc(-c2nc(-c3ccccc3)nc(-c3cc(-c4ccncc4)cc(-c4cc5c6ccccc6c6ccccc6c5c5ccccc45)c3)n2)cc1. The molecule has 10 aromatic rings. The first-order chi connectivity index (χ1) is 25.8. The summed E-state index contributed by atoms with van der Waals surface area (Å²) in [5.41, 5.74) is 7.16. The zero-order valence-corrected chi connectivity index (χ0v) is 28.1. The normalized spacial score (nSPS) is 11.5. The Morgan fingerprint density at radius 3 is 1.29 bits per heavy atom. The number of hydrogen-bond acceptors (Lipinski definition) is 4. The minimum absolute atomic E-state index is 0.617. The smallest absolute Gasteiger partial charge is 0.164 e. The molecule has 0 N–H and O–H groups in total. The average molecular weight is 663 g/mol. The van der Waals surface area contributed by atoms with Gasteiger partial charge in [0.25, 0.3) is 0 Å². The van der Waals surface area contributed by atoms with Crippen LogP contribution in [0.15, 0.2) is 182 Å². The maximum Gasteiger partial charge on any atom is 0.164 e. The third kappa shape index (κ3) is 5.09. The number of aromatic nitrogens is 4. The first-order valence-electron chi connectivity index (χ1n) is 17.5. The maximum absolute atomic E-state index is 5.12. The Labute approximate surface area is 300 Å². The summed E-state index contributed by atoms with van der Waals surface area (Å²) in [6.07, 6.45) is 3.68. The van der Waals surface area contributed by atoms with E-state index in [4.69, 9.17) is 15.0 Å². The molecule has 4 heteroatoms. The van der Waals surface area contributed by atoms with Gasteiger partial charge < -0.3 is 0 Å². The van der Waals surface area contributed by atoms with E-state index in [0.29, 0.717) is 17.5 Å². The minimum atomic E-state index is 0.617. The molecule has 0 aliphatic rings. The second-order valence-corrected chi connectivity index (χ2v) is 13.1. The van der Waals surface area contributed by atoms with Crippen molar-refractivity contribution in [2.24, 2.45) is 0 Å². The minimum Gasteiger partial charge on any atom is -0.265 e. The van der Waals surface area contributed by atoms with Crippen LogP contribution < -0.4 is 0 Å². The van der Waals surface area contributed by atoms with Crippen LogP contribution in [0, 0.1) is 0 Å². The number of rotatable bonds is 5. The second-order valence-electron chi connectivity index (χ2n) is 13.1. The Bertz CT molecular complexity index is 2880. The van der Waals surface area contributed by atoms with Gasteiger partial charge in [0.15, 0.2) is 17.5 Å². The number of nitrogens with zero attached hydrogens (tertiary/aromatic N) is 4. The fourth-order valence-corrected chi connectivity index (χ4v) is 7.57. The fourth-order valence-electron chi connectivity index (χ4n) is 7.57. The van der Waals surface area contributed by atoms with E-state index < -0.39 is 0 Å². The molecule has 0 radical (unpaired) electrons. The van der Waals surface area contributed by atoms with E-state index in [1.165, 1.54) is 43.1 Å². The fraction of sp³-hybridized carbons (Fsp3) is 0. The average Bonchev–Trinajstić information content (AvgIpc) is 3.24. The van der Waals surface area contributed by atoms with Gasteiger partial charge in [-0.3, -0.25) is 4.98 Å². The van der Waals surface area contributed by atoms with Gasteiger partial charge in [-0.15, -0.1) is 0 Å². The standard InChI is InChI=1S/C48H30N4/c1-3-13-32(14-4-1)46-50-47(33-15-5-2-6-16-33)52-48(51-46)36-28-34(31-23-25-49-26-24-31)27-35(29-36)43-30-44-39-19-8-7-17-37(39)38-18-9-11-21-41(38)45(44)42-22-12-10-20-40(42)43/h1-30H. The van der Waals surface area contributed by atoms with Crippen LogP contribution in [0.5, 0.6) is 0 Å². The maximum atomic E-state index is 5.12. The molecule has 52 heavy (non-hydrogen) atoms. The zero-order valence-electron chi connectivity index (χ0n) is 28.1. The molecule has 2 aromatic heterocycles. The van der Waals surface area contributed by atoms with Crippen molar-refractivity contribution in [1.82, 2.24) is 19.9 Å². The Kier molecular flexibility index (Phi) is 7.10. The molecule has 0 saturated carbocycles. The first kappa shape index (κ1) is 29.8. The van der Waals surface area contributed by atoms with Gasteiger partial charge in [-0.05, 0) is 102 Å². The van der Waals surface area contributed by atoms with Gasteiger partial charge in [0.2, 0.25) is 0 Å². The summed E-state index contributed by atoms with van der Waals surface area (Å²) in [7, 11) is 0. The Hall–Kier alpha value is -7.04. The van der Waals surface area contributed by atoms with Crippen molar-refractivity contribution in [2.45, 2.75) is 0 Å². The molecule has 0 spiro atoms. The molecular weight excluding hydrogens is 633 g/mol. The monoisotopic (exact) mass is 662 g/mol. The molecule has 8 aromatic carbocycles. The summed E-state index contributed by atoms with van der Waals surface area (Å²) in [6.45, 7) is 0. The summed E-state index contributed by atoms with van der Waals surface area (Å²) in [5, 5.41) is 9.95. The highest BCUT2D eigenvalue weighted by atomic mass is 15.0. The lowest BCUT2D eigenvalue weighted by molar-refractivity contribution is 1.07. The van der Waals surface area contributed by atoms with Gasteiger partial charge in [-0.25, -0.2) is 15.0 Å². The quantitative estimate of drug-likeness (QED) is 0.172. The number of pyridine rings is 1. The lowest BCUT2D eigenvalue weighted by Crippen LogP contribution is -2.00. The van der Waals surface area contributed by atoms with Crippen LogP contribution in [0.2, 0.25) is 0 Å². The van der Waals surface area contributed by atoms with E-state index in [0.717, 1.165) is 38.9 Å². The van der Waals surface area contributed by atoms with Crippen LogP contribution >= 0.6 is 0 Å². The van der Waals surface area contributed by atoms with Crippen molar-refractivity contribution < 1.29 is 0 Å². The largest absolute Gasteiger partial charge is 0.265 e. The van der Waals surface area contributed by atoms with E-state index in [9.17, 15) is 0 Å². The van der Waals surface area contributed by atoms with Crippen molar-refractivity contribution in [3.8, 4) is 56.4 Å². The summed E-state index contributed by atoms with van der Waals surface area (Å²) >= 11 is 0. The molecule has 0 unspecified atom stereocenters. The molecule has 242 valence electrons. The lowest BCUT2D eigenvalue weighted by Gasteiger charge is -2.17. The highest BCUT2D eigenvalue weighted by molar-refractivity contribution is 6.33. The van der Waals surface area contributed by atoms with Crippen LogP contribution in [0.1, 0.15) is 0 Å². The molecule has 0 bridgehead atoms. The van der Waals surface area contributed by atoms with Crippen LogP contribution in [0.25, 0.3) is 99.5 Å². The van der Waals surface area contributed by atoms with Gasteiger partial charge in [0, 0.05) is 29.1 Å². The molecule has 0 aliphatic heterocycles. The van der Waals surface area contributed by atoms with Crippen molar-refractivity contribution in [2.75, 3.05) is 0 Å². The highest BCUT2D eigenvalue weighted by Gasteiger charge is 2.18. The summed E-state index contributed by atoms with van der Waals surface area (Å²) in [4.78, 5) is 19.5. The van der Waals surface area contributed by atoms with Gasteiger partial charge >= 0.3 is 0 Å². The van der Waals surface area contributed by atoms with E-state index in [1.807, 2.05) is 73.1 Å². The van der Waals surface area contributed by atoms with E-state index in [1.54, 1.807) is 0 Å². The third-order valence-corrected chi connectivity index (χ3v) is 9.96. The van der Waals surface area contributed by atoms with E-state index in [2.05, 4.69) is 114 Å². The number of hydrogen-bond donors (Lipinski definition) is 0. The zero-order chi connectivity index (χ0) is 34.4. The molecule has 10 rings (SSSR count). The molecule has 0 atom stereocenters. The molecule has 0 aliphatic carbocycles. The van der Waals surface area contributed by atoms with Gasteiger partial charge in [-0.1, -0.05) is 133 Å². The van der Waals surface area contributed by atoms with E-state index >= 15 is 0 Å². The Balaban J connectivity index is 1.29. The highest BCUT2D eigenvalue weighted by Crippen LogP contribution is 2.44. The third-order valence-electron chi connectivity index (χ3n) is 9.96. The van der Waals surface area contributed by atoms with Crippen molar-refractivity contribution in [3.63, 3.8) is 0 Å². The first-order valence-corrected chi connectivity index (χ1v) is 17.5.